The summed E-state index contributed by atoms with van der Waals surface area (Å²) in [6.45, 7) is 1.50. The summed E-state index contributed by atoms with van der Waals surface area (Å²) in [6, 6.07) is 9.65. The normalized spacial score (nSPS) is 17.8. The van der Waals surface area contributed by atoms with Gasteiger partial charge in [0.1, 0.15) is 6.10 Å². The van der Waals surface area contributed by atoms with Crippen LogP contribution in [0.15, 0.2) is 55.1 Å². The Balaban J connectivity index is 1.56. The number of nitrogens with zero attached hydrogens (tertiary/aromatic N) is 4. The van der Waals surface area contributed by atoms with Crippen molar-refractivity contribution < 1.29 is 9.53 Å². The highest BCUT2D eigenvalue weighted by molar-refractivity contribution is 5.97. The molecular weight excluding hydrogens is 304 g/mol. The van der Waals surface area contributed by atoms with Crippen molar-refractivity contribution in [3.63, 3.8) is 0 Å². The van der Waals surface area contributed by atoms with Crippen LogP contribution in [-0.2, 0) is 4.74 Å². The monoisotopic (exact) mass is 320 g/mol. The molecule has 0 N–H and O–H groups in total. The Morgan fingerprint density at radius 2 is 2.08 bits per heavy atom. The van der Waals surface area contributed by atoms with Gasteiger partial charge in [-0.1, -0.05) is 18.2 Å². The van der Waals surface area contributed by atoms with Crippen LogP contribution < -0.4 is 0 Å². The molecule has 1 aliphatic rings. The fourth-order valence-electron chi connectivity index (χ4n) is 2.86. The highest BCUT2D eigenvalue weighted by Gasteiger charge is 2.27. The van der Waals surface area contributed by atoms with E-state index < -0.39 is 0 Å². The molecule has 3 aromatic rings. The number of rotatable bonds is 2. The zero-order chi connectivity index (χ0) is 16.4. The summed E-state index contributed by atoms with van der Waals surface area (Å²) >= 11 is 0. The number of amides is 1. The zero-order valence-electron chi connectivity index (χ0n) is 13.0. The molecule has 1 amide bonds. The molecule has 6 nitrogen and oxygen atoms in total. The molecule has 0 saturated carbocycles. The van der Waals surface area contributed by atoms with Crippen molar-refractivity contribution in [2.24, 2.45) is 0 Å². The molecule has 0 unspecified atom stereocenters. The van der Waals surface area contributed by atoms with Gasteiger partial charge in [0.25, 0.3) is 5.91 Å². The molecule has 1 fully saturated rings. The van der Waals surface area contributed by atoms with Crippen LogP contribution in [0.3, 0.4) is 0 Å². The maximum atomic E-state index is 12.8. The predicted octanol–water partition coefficient (Wildman–Crippen LogP) is 2.24. The number of morpholine rings is 1. The first-order valence-electron chi connectivity index (χ1n) is 7.83. The molecular formula is C18H16N4O2. The zero-order valence-corrected chi connectivity index (χ0v) is 13.0. The quantitative estimate of drug-likeness (QED) is 0.724. The van der Waals surface area contributed by atoms with Crippen LogP contribution in [0.1, 0.15) is 22.2 Å². The van der Waals surface area contributed by atoms with Crippen LogP contribution in [0.2, 0.25) is 0 Å². The van der Waals surface area contributed by atoms with Crippen molar-refractivity contribution >= 4 is 16.8 Å². The van der Waals surface area contributed by atoms with Gasteiger partial charge in [0.05, 0.1) is 36.1 Å². The van der Waals surface area contributed by atoms with Crippen LogP contribution in [0.25, 0.3) is 10.9 Å². The Hall–Kier alpha value is -2.86. The molecule has 120 valence electrons. The maximum Gasteiger partial charge on any atom is 0.255 e. The third-order valence-electron chi connectivity index (χ3n) is 4.10. The van der Waals surface area contributed by atoms with Crippen molar-refractivity contribution in [2.45, 2.75) is 6.10 Å². The second kappa shape index (κ2) is 6.33. The first-order valence-corrected chi connectivity index (χ1v) is 7.83. The molecule has 6 heteroatoms. The number of aromatic nitrogens is 3. The van der Waals surface area contributed by atoms with E-state index in [0.717, 1.165) is 16.6 Å². The van der Waals surface area contributed by atoms with Gasteiger partial charge >= 0.3 is 0 Å². The van der Waals surface area contributed by atoms with E-state index in [1.54, 1.807) is 29.7 Å². The SMILES string of the molecule is O=C(c1cnc2ccccc2c1)N1CCO[C@H](c2cnccn2)C1. The van der Waals surface area contributed by atoms with Crippen LogP contribution >= 0.6 is 0 Å². The third kappa shape index (κ3) is 2.83. The van der Waals surface area contributed by atoms with E-state index >= 15 is 0 Å². The fourth-order valence-corrected chi connectivity index (χ4v) is 2.86. The molecule has 3 heterocycles. The fraction of sp³-hybridized carbons (Fsp3) is 0.222. The number of hydrogen-bond acceptors (Lipinski definition) is 5. The molecule has 1 aliphatic heterocycles. The summed E-state index contributed by atoms with van der Waals surface area (Å²) < 4.78 is 5.74. The van der Waals surface area contributed by atoms with E-state index in [0.29, 0.717) is 25.3 Å². The van der Waals surface area contributed by atoms with Crippen LogP contribution in [-0.4, -0.2) is 45.5 Å². The number of para-hydroxylation sites is 1. The molecule has 0 spiro atoms. The number of hydrogen-bond donors (Lipinski definition) is 0. The van der Waals surface area contributed by atoms with Gasteiger partial charge in [-0.05, 0) is 12.1 Å². The van der Waals surface area contributed by atoms with Gasteiger partial charge in [0, 0.05) is 30.5 Å². The van der Waals surface area contributed by atoms with Gasteiger partial charge in [0.2, 0.25) is 0 Å². The van der Waals surface area contributed by atoms with Crippen molar-refractivity contribution in [1.29, 1.82) is 0 Å². The summed E-state index contributed by atoms with van der Waals surface area (Å²) in [4.78, 5) is 27.3. The standard InChI is InChI=1S/C18H16N4O2/c23-18(14-9-13-3-1-2-4-15(13)21-10-14)22-7-8-24-17(12-22)16-11-19-5-6-20-16/h1-6,9-11,17H,7-8,12H2/t17-/m0/s1. The number of ether oxygens (including phenoxy) is 1. The minimum Gasteiger partial charge on any atom is -0.368 e. The number of carbonyl (C=O) groups excluding carboxylic acids is 1. The summed E-state index contributed by atoms with van der Waals surface area (Å²) in [7, 11) is 0. The number of benzene rings is 1. The molecule has 0 bridgehead atoms. The lowest BCUT2D eigenvalue weighted by atomic mass is 10.1. The lowest BCUT2D eigenvalue weighted by Crippen LogP contribution is -2.42. The van der Waals surface area contributed by atoms with Crippen LogP contribution in [0.5, 0.6) is 0 Å². The number of pyridine rings is 1. The lowest BCUT2D eigenvalue weighted by molar-refractivity contribution is -0.0249. The van der Waals surface area contributed by atoms with Crippen molar-refractivity contribution in [3.05, 3.63) is 66.4 Å². The van der Waals surface area contributed by atoms with Crippen molar-refractivity contribution in [3.8, 4) is 0 Å². The highest BCUT2D eigenvalue weighted by Crippen LogP contribution is 2.22. The van der Waals surface area contributed by atoms with Gasteiger partial charge in [0.15, 0.2) is 0 Å². The summed E-state index contributed by atoms with van der Waals surface area (Å²) in [5.41, 5.74) is 2.22. The average Bonchev–Trinajstić information content (AvgIpc) is 2.68. The molecule has 0 radical (unpaired) electrons. The lowest BCUT2D eigenvalue weighted by Gasteiger charge is -2.32. The van der Waals surface area contributed by atoms with E-state index in [1.807, 2.05) is 30.3 Å². The average molecular weight is 320 g/mol. The van der Waals surface area contributed by atoms with E-state index in [4.69, 9.17) is 4.74 Å². The second-order valence-corrected chi connectivity index (χ2v) is 5.66. The van der Waals surface area contributed by atoms with Gasteiger partial charge in [-0.3, -0.25) is 19.7 Å². The van der Waals surface area contributed by atoms with Gasteiger partial charge in [-0.15, -0.1) is 0 Å². The second-order valence-electron chi connectivity index (χ2n) is 5.66. The van der Waals surface area contributed by atoms with E-state index in [9.17, 15) is 4.79 Å². The van der Waals surface area contributed by atoms with Crippen LogP contribution in [0, 0.1) is 0 Å². The maximum absolute atomic E-state index is 12.8. The van der Waals surface area contributed by atoms with E-state index in [-0.39, 0.29) is 12.0 Å². The molecule has 1 aromatic carbocycles. The number of fused-ring (bicyclic) bond motifs is 1. The molecule has 24 heavy (non-hydrogen) atoms. The largest absolute Gasteiger partial charge is 0.368 e. The summed E-state index contributed by atoms with van der Waals surface area (Å²) in [6.07, 6.45) is 6.32. The topological polar surface area (TPSA) is 68.2 Å². The van der Waals surface area contributed by atoms with Crippen molar-refractivity contribution in [1.82, 2.24) is 19.9 Å². The van der Waals surface area contributed by atoms with Crippen molar-refractivity contribution in [2.75, 3.05) is 19.7 Å². The van der Waals surface area contributed by atoms with Gasteiger partial charge in [-0.25, -0.2) is 0 Å². The Morgan fingerprint density at radius 1 is 1.17 bits per heavy atom. The Kier molecular flexibility index (Phi) is 3.88. The minimum atomic E-state index is -0.246. The molecule has 0 aliphatic carbocycles. The van der Waals surface area contributed by atoms with Crippen LogP contribution in [0.4, 0.5) is 0 Å². The minimum absolute atomic E-state index is 0.0366. The molecule has 1 atom stereocenters. The molecule has 2 aromatic heterocycles. The highest BCUT2D eigenvalue weighted by atomic mass is 16.5. The Morgan fingerprint density at radius 3 is 2.96 bits per heavy atom. The predicted molar refractivity (Wildman–Crippen MR) is 88.4 cm³/mol. The first-order chi connectivity index (χ1) is 11.8. The molecule has 1 saturated heterocycles. The smallest absolute Gasteiger partial charge is 0.255 e. The Labute approximate surface area is 139 Å². The number of carbonyl (C=O) groups is 1. The van der Waals surface area contributed by atoms with E-state index in [2.05, 4.69) is 15.0 Å². The molecule has 4 rings (SSSR count). The van der Waals surface area contributed by atoms with Gasteiger partial charge in [-0.2, -0.15) is 0 Å². The first kappa shape index (κ1) is 14.7. The van der Waals surface area contributed by atoms with Gasteiger partial charge < -0.3 is 9.64 Å². The van der Waals surface area contributed by atoms with E-state index in [1.165, 1.54) is 0 Å². The Bertz CT molecular complexity index is 869. The third-order valence-corrected chi connectivity index (χ3v) is 4.10. The summed E-state index contributed by atoms with van der Waals surface area (Å²) in [5.74, 6) is -0.0366. The summed E-state index contributed by atoms with van der Waals surface area (Å²) in [5, 5.41) is 0.960.